The van der Waals surface area contributed by atoms with Crippen molar-refractivity contribution in [2.24, 2.45) is 0 Å². The van der Waals surface area contributed by atoms with Crippen LogP contribution in [0.5, 0.6) is 0 Å². The minimum Gasteiger partial charge on any atom is -0.481 e. The number of nitrogens with zero attached hydrogens (tertiary/aromatic N) is 1. The van der Waals surface area contributed by atoms with Crippen molar-refractivity contribution < 1.29 is 15.0 Å². The van der Waals surface area contributed by atoms with E-state index in [2.05, 4.69) is 4.98 Å². The topological polar surface area (TPSA) is 70.4 Å². The average molecular weight is 202 g/mol. The Balaban J connectivity index is 2.82. The van der Waals surface area contributed by atoms with E-state index in [4.69, 9.17) is 16.7 Å². The standard InChI is InChI=1S/C8H8ClNO3/c9-8-5(2-1-3-10-8)6(11)4-7(12)13/h1-3,6,11H,4H2,(H,12,13). The number of aliphatic hydroxyl groups is 1. The van der Waals surface area contributed by atoms with Crippen molar-refractivity contribution in [1.29, 1.82) is 0 Å². The van der Waals surface area contributed by atoms with E-state index in [9.17, 15) is 9.90 Å². The lowest BCUT2D eigenvalue weighted by molar-refractivity contribution is -0.139. The van der Waals surface area contributed by atoms with Gasteiger partial charge >= 0.3 is 5.97 Å². The van der Waals surface area contributed by atoms with Gasteiger partial charge in [-0.1, -0.05) is 17.7 Å². The Morgan fingerprint density at radius 3 is 2.92 bits per heavy atom. The Labute approximate surface area is 79.8 Å². The number of carbonyl (C=O) groups is 1. The highest BCUT2D eigenvalue weighted by atomic mass is 35.5. The van der Waals surface area contributed by atoms with Gasteiger partial charge in [-0.25, -0.2) is 4.98 Å². The molecule has 1 rings (SSSR count). The summed E-state index contributed by atoms with van der Waals surface area (Å²) in [5.74, 6) is -1.08. The van der Waals surface area contributed by atoms with E-state index in [1.807, 2.05) is 0 Å². The van der Waals surface area contributed by atoms with Gasteiger partial charge in [0.15, 0.2) is 0 Å². The number of pyridine rings is 1. The highest BCUT2D eigenvalue weighted by molar-refractivity contribution is 6.30. The Hall–Kier alpha value is -1.13. The van der Waals surface area contributed by atoms with Gasteiger partial charge in [0.05, 0.1) is 12.5 Å². The molecule has 0 aromatic carbocycles. The molecule has 0 aliphatic carbocycles. The molecule has 13 heavy (non-hydrogen) atoms. The van der Waals surface area contributed by atoms with E-state index in [0.29, 0.717) is 5.56 Å². The fourth-order valence-corrected chi connectivity index (χ4v) is 1.17. The lowest BCUT2D eigenvalue weighted by atomic mass is 10.1. The monoisotopic (exact) mass is 201 g/mol. The SMILES string of the molecule is O=C(O)CC(O)c1cccnc1Cl. The molecule has 0 bridgehead atoms. The van der Waals surface area contributed by atoms with Crippen LogP contribution in [-0.2, 0) is 4.79 Å². The lowest BCUT2D eigenvalue weighted by Gasteiger charge is -2.08. The van der Waals surface area contributed by atoms with E-state index in [-0.39, 0.29) is 11.6 Å². The largest absolute Gasteiger partial charge is 0.481 e. The molecule has 0 radical (unpaired) electrons. The number of hydrogen-bond acceptors (Lipinski definition) is 3. The summed E-state index contributed by atoms with van der Waals surface area (Å²) < 4.78 is 0. The van der Waals surface area contributed by atoms with Crippen LogP contribution in [0.25, 0.3) is 0 Å². The van der Waals surface area contributed by atoms with Crippen LogP contribution in [0.4, 0.5) is 0 Å². The van der Waals surface area contributed by atoms with Crippen LogP contribution in [-0.4, -0.2) is 21.2 Å². The number of aliphatic hydroxyl groups excluding tert-OH is 1. The number of aliphatic carboxylic acids is 1. The maximum absolute atomic E-state index is 10.3. The molecule has 1 heterocycles. The number of carboxylic acids is 1. The molecule has 70 valence electrons. The van der Waals surface area contributed by atoms with Crippen LogP contribution in [0.3, 0.4) is 0 Å². The zero-order valence-electron chi connectivity index (χ0n) is 6.64. The van der Waals surface area contributed by atoms with Crippen LogP contribution in [0, 0.1) is 0 Å². The third-order valence-electron chi connectivity index (χ3n) is 1.51. The predicted octanol–water partition coefficient (Wildman–Crippen LogP) is 1.24. The number of halogens is 1. The molecule has 5 heteroatoms. The van der Waals surface area contributed by atoms with Gasteiger partial charge in [0.2, 0.25) is 0 Å². The van der Waals surface area contributed by atoms with Crippen molar-refractivity contribution in [3.05, 3.63) is 29.0 Å². The molecule has 0 saturated carbocycles. The molecule has 4 nitrogen and oxygen atoms in total. The van der Waals surface area contributed by atoms with Crippen molar-refractivity contribution >= 4 is 17.6 Å². The Morgan fingerprint density at radius 2 is 2.38 bits per heavy atom. The minimum absolute atomic E-state index is 0.135. The first-order valence-electron chi connectivity index (χ1n) is 3.61. The number of hydrogen-bond donors (Lipinski definition) is 2. The molecule has 0 aliphatic heterocycles. The fourth-order valence-electron chi connectivity index (χ4n) is 0.922. The first kappa shape index (κ1) is 9.95. The van der Waals surface area contributed by atoms with Crippen molar-refractivity contribution in [2.75, 3.05) is 0 Å². The second-order valence-corrected chi connectivity index (χ2v) is 2.86. The number of aromatic nitrogens is 1. The number of carboxylic acid groups (broad SMARTS) is 1. The summed E-state index contributed by atoms with van der Waals surface area (Å²) in [6.07, 6.45) is 0.00349. The second kappa shape index (κ2) is 4.20. The normalized spacial score (nSPS) is 12.5. The molecule has 2 N–H and O–H groups in total. The smallest absolute Gasteiger partial charge is 0.306 e. The van der Waals surface area contributed by atoms with Crippen molar-refractivity contribution in [3.8, 4) is 0 Å². The first-order valence-corrected chi connectivity index (χ1v) is 3.99. The molecular weight excluding hydrogens is 194 g/mol. The quantitative estimate of drug-likeness (QED) is 0.722. The molecule has 0 spiro atoms. The fraction of sp³-hybridized carbons (Fsp3) is 0.250. The Bertz CT molecular complexity index is 316. The molecule has 1 aromatic rings. The van der Waals surface area contributed by atoms with E-state index in [1.54, 1.807) is 12.1 Å². The third-order valence-corrected chi connectivity index (χ3v) is 1.83. The van der Waals surface area contributed by atoms with Crippen molar-refractivity contribution in [2.45, 2.75) is 12.5 Å². The molecule has 0 fully saturated rings. The van der Waals surface area contributed by atoms with Gasteiger partial charge in [-0.3, -0.25) is 4.79 Å². The maximum atomic E-state index is 10.3. The number of rotatable bonds is 3. The first-order chi connectivity index (χ1) is 6.11. The predicted molar refractivity (Wildman–Crippen MR) is 46.5 cm³/mol. The van der Waals surface area contributed by atoms with Gasteiger partial charge in [-0.15, -0.1) is 0 Å². The molecular formula is C8H8ClNO3. The van der Waals surface area contributed by atoms with Crippen LogP contribution in [0.15, 0.2) is 18.3 Å². The summed E-state index contributed by atoms with van der Waals surface area (Å²) >= 11 is 5.64. The van der Waals surface area contributed by atoms with Crippen LogP contribution >= 0.6 is 11.6 Å². The highest BCUT2D eigenvalue weighted by Crippen LogP contribution is 2.22. The van der Waals surface area contributed by atoms with Crippen molar-refractivity contribution in [3.63, 3.8) is 0 Å². The minimum atomic E-state index is -1.10. The molecule has 1 aromatic heterocycles. The molecule has 0 amide bonds. The van der Waals surface area contributed by atoms with E-state index in [1.165, 1.54) is 6.20 Å². The zero-order chi connectivity index (χ0) is 9.84. The summed E-state index contributed by atoms with van der Waals surface area (Å²) in [7, 11) is 0. The summed E-state index contributed by atoms with van der Waals surface area (Å²) in [5, 5.41) is 17.9. The Morgan fingerprint density at radius 1 is 1.69 bits per heavy atom. The van der Waals surface area contributed by atoms with Crippen LogP contribution < -0.4 is 0 Å². The zero-order valence-corrected chi connectivity index (χ0v) is 7.40. The van der Waals surface area contributed by atoms with Crippen LogP contribution in [0.2, 0.25) is 5.15 Å². The lowest BCUT2D eigenvalue weighted by Crippen LogP contribution is -2.06. The molecule has 0 saturated heterocycles. The molecule has 1 atom stereocenters. The summed E-state index contributed by atoms with van der Waals surface area (Å²) in [6, 6.07) is 3.13. The third kappa shape index (κ3) is 2.68. The van der Waals surface area contributed by atoms with Gasteiger partial charge in [-0.05, 0) is 6.07 Å². The van der Waals surface area contributed by atoms with Crippen molar-refractivity contribution in [1.82, 2.24) is 4.98 Å². The molecule has 0 aliphatic rings. The summed E-state index contributed by atoms with van der Waals surface area (Å²) in [6.45, 7) is 0. The maximum Gasteiger partial charge on any atom is 0.306 e. The highest BCUT2D eigenvalue weighted by Gasteiger charge is 2.14. The van der Waals surface area contributed by atoms with E-state index >= 15 is 0 Å². The summed E-state index contributed by atoms with van der Waals surface area (Å²) in [4.78, 5) is 14.0. The van der Waals surface area contributed by atoms with Crippen LogP contribution in [0.1, 0.15) is 18.1 Å². The van der Waals surface area contributed by atoms with Gasteiger partial charge in [0, 0.05) is 11.8 Å². The van der Waals surface area contributed by atoms with E-state index in [0.717, 1.165) is 0 Å². The van der Waals surface area contributed by atoms with E-state index < -0.39 is 12.1 Å². The van der Waals surface area contributed by atoms with Gasteiger partial charge in [0.1, 0.15) is 5.15 Å². The second-order valence-electron chi connectivity index (χ2n) is 2.50. The summed E-state index contributed by atoms with van der Waals surface area (Å²) in [5.41, 5.74) is 0.339. The molecule has 1 unspecified atom stereocenters. The van der Waals surface area contributed by atoms with Gasteiger partial charge in [0.25, 0.3) is 0 Å². The average Bonchev–Trinajstić information content (AvgIpc) is 2.03. The van der Waals surface area contributed by atoms with Gasteiger partial charge < -0.3 is 10.2 Å². The Kier molecular flexibility index (Phi) is 3.22. The van der Waals surface area contributed by atoms with Gasteiger partial charge in [-0.2, -0.15) is 0 Å².